The quantitative estimate of drug-likeness (QED) is 0.0201. The number of hydrogen-bond acceptors (Lipinski definition) is 26. The van der Waals surface area contributed by atoms with Crippen molar-refractivity contribution in [3.05, 3.63) is 0 Å². The normalized spacial score (nSPS) is 27.9. The first-order valence-electron chi connectivity index (χ1n) is 31.0. The van der Waals surface area contributed by atoms with Crippen LogP contribution in [0.1, 0.15) is 130 Å². The number of amides is 7. The van der Waals surface area contributed by atoms with Gasteiger partial charge in [-0.2, -0.15) is 0 Å². The highest BCUT2D eigenvalue weighted by atomic mass is 31.2. The third kappa shape index (κ3) is 29.8. The Morgan fingerprint density at radius 1 is 0.473 bits per heavy atom. The van der Waals surface area contributed by atoms with Gasteiger partial charge in [-0.05, 0) is 57.8 Å². The topological polar surface area (TPSA) is 514 Å². The minimum Gasteiger partial charge on any atom is -0.394 e. The molecule has 0 spiro atoms. The van der Waals surface area contributed by atoms with Crippen molar-refractivity contribution in [1.82, 2.24) is 37.2 Å². The van der Waals surface area contributed by atoms with Crippen LogP contribution in [0, 0.1) is 5.92 Å². The van der Waals surface area contributed by atoms with E-state index in [0.717, 1.165) is 7.11 Å². The Balaban J connectivity index is 1.68. The second kappa shape index (κ2) is 43.5. The summed E-state index contributed by atoms with van der Waals surface area (Å²) in [5, 5.41) is 109. The van der Waals surface area contributed by atoms with Crippen LogP contribution in [0.3, 0.4) is 0 Å². The largest absolute Gasteiger partial charge is 0.471 e. The maximum Gasteiger partial charge on any atom is 0.471 e. The van der Waals surface area contributed by atoms with Gasteiger partial charge in [0.05, 0.1) is 39.1 Å². The van der Waals surface area contributed by atoms with Crippen molar-refractivity contribution in [2.24, 2.45) is 5.92 Å². The SMILES string of the molecule is COP(=O)(O)OCCCCCCCC(=O)CCC(=O)N[C@@H](CCC(=O)NCCCCO[C@@H]1O[C@H](CO)[C@H](O)[C@H](O)[C@H]1NC(C)=O)C(=O)N[C@@H](CCC(=O)NCCCO[C@@H]1O[C@H](CO)[C@H](O)[C@H](O)[C@H]1NC(C)=O)C(=O)NCCCCO[C@@H]1O[C@H](CO)[C@H](O)[C@H](O)[C@H]1C. The Kier molecular flexibility index (Phi) is 38.5. The molecule has 3 heterocycles. The molecule has 526 valence electrons. The second-order valence-corrected chi connectivity index (χ2v) is 24.2. The van der Waals surface area contributed by atoms with Crippen molar-refractivity contribution in [3.63, 3.8) is 0 Å². The lowest BCUT2D eigenvalue weighted by Gasteiger charge is -2.42. The molecule has 3 fully saturated rings. The van der Waals surface area contributed by atoms with E-state index in [1.807, 2.05) is 0 Å². The highest BCUT2D eigenvalue weighted by Gasteiger charge is 2.47. The zero-order valence-electron chi connectivity index (χ0n) is 52.3. The summed E-state index contributed by atoms with van der Waals surface area (Å²) in [7, 11) is -3.02. The van der Waals surface area contributed by atoms with Gasteiger partial charge >= 0.3 is 7.82 Å². The van der Waals surface area contributed by atoms with Crippen LogP contribution in [0.2, 0.25) is 0 Å². The number of phosphoric acid groups is 1. The molecule has 0 aromatic heterocycles. The average molecular weight is 1330 g/mol. The fourth-order valence-electron chi connectivity index (χ4n) is 9.92. The van der Waals surface area contributed by atoms with Crippen LogP contribution in [-0.4, -0.2) is 269 Å². The zero-order valence-corrected chi connectivity index (χ0v) is 53.2. The number of phosphoric ester groups is 1. The summed E-state index contributed by atoms with van der Waals surface area (Å²) in [5.41, 5.74) is 0. The highest BCUT2D eigenvalue weighted by Crippen LogP contribution is 2.42. The molecule has 3 saturated heterocycles. The Hall–Kier alpha value is -4.53. The van der Waals surface area contributed by atoms with Crippen LogP contribution in [0.25, 0.3) is 0 Å². The number of unbranched alkanes of at least 4 members (excludes halogenated alkanes) is 6. The van der Waals surface area contributed by atoms with E-state index in [2.05, 4.69) is 41.7 Å². The number of aliphatic hydroxyl groups excluding tert-OH is 9. The molecular formula is C56H100N7O27P. The minimum absolute atomic E-state index is 0.00258. The molecule has 34 nitrogen and oxygen atoms in total. The summed E-state index contributed by atoms with van der Waals surface area (Å²) in [6.07, 6.45) is -12.7. The summed E-state index contributed by atoms with van der Waals surface area (Å²) in [4.78, 5) is 114. The van der Waals surface area contributed by atoms with Gasteiger partial charge in [0.25, 0.3) is 0 Å². The summed E-state index contributed by atoms with van der Waals surface area (Å²) in [6.45, 7) is 2.27. The van der Waals surface area contributed by atoms with Crippen LogP contribution >= 0.6 is 7.82 Å². The van der Waals surface area contributed by atoms with Gasteiger partial charge in [-0.3, -0.25) is 47.4 Å². The van der Waals surface area contributed by atoms with Crippen LogP contribution in [0.4, 0.5) is 0 Å². The van der Waals surface area contributed by atoms with E-state index in [1.165, 1.54) is 13.8 Å². The predicted octanol–water partition coefficient (Wildman–Crippen LogP) is -4.72. The van der Waals surface area contributed by atoms with Crippen LogP contribution < -0.4 is 37.2 Å². The molecule has 1 unspecified atom stereocenters. The van der Waals surface area contributed by atoms with E-state index in [-0.39, 0.29) is 103 Å². The number of ether oxygens (including phenoxy) is 6. The molecule has 0 aromatic rings. The number of nitrogens with one attached hydrogen (secondary N) is 7. The summed E-state index contributed by atoms with van der Waals surface area (Å²) in [5.74, 6) is -5.43. The van der Waals surface area contributed by atoms with Gasteiger partial charge in [0.15, 0.2) is 18.9 Å². The third-order valence-corrected chi connectivity index (χ3v) is 16.2. The van der Waals surface area contributed by atoms with E-state index in [4.69, 9.17) is 32.9 Å². The van der Waals surface area contributed by atoms with Gasteiger partial charge in [0, 0.05) is 91.8 Å². The number of aliphatic hydroxyl groups is 9. The van der Waals surface area contributed by atoms with E-state index in [9.17, 15) is 93.8 Å². The van der Waals surface area contributed by atoms with Crippen LogP contribution in [0.5, 0.6) is 0 Å². The van der Waals surface area contributed by atoms with E-state index < -0.39 is 173 Å². The smallest absolute Gasteiger partial charge is 0.394 e. The standard InChI is InChI=1S/C56H100N7O27P/c1-32-46(73)47(74)38(29-64)88-54(32)84-25-13-10-23-59-52(79)36(17-20-42(71)58-24-14-27-86-56-45(61-34(3)68)51(78)49(76)40(31-66)90-56)63-53(80)37(62-43(72)19-16-35(69)15-8-6-5-7-11-28-87-91(81,82)83-4)18-21-41(70)57-22-9-12-26-85-55-44(60-33(2)67)50(77)48(75)39(30-65)89-55/h32,36-40,44-51,54-56,64-66,73-78H,5-31H2,1-4H3,(H,57,70)(H,58,71)(H,59,79)(H,60,67)(H,61,68)(H,62,72)(H,63,80)(H,81,82)/t32-,36+,37+,38-,39-,40-,44-,45-,46-,47+,48+,49+,50-,51-,54-,55-,56-/m1/s1. The zero-order chi connectivity index (χ0) is 67.6. The first kappa shape index (κ1) is 80.7. The lowest BCUT2D eigenvalue weighted by molar-refractivity contribution is -0.282. The number of carbonyl (C=O) groups is 8. The first-order chi connectivity index (χ1) is 43.3. The molecule has 91 heavy (non-hydrogen) atoms. The molecule has 0 aliphatic carbocycles. The highest BCUT2D eigenvalue weighted by molar-refractivity contribution is 7.47. The third-order valence-electron chi connectivity index (χ3n) is 15.3. The summed E-state index contributed by atoms with van der Waals surface area (Å²) < 4.78 is 54.6. The number of ketones is 1. The molecule has 3 aliphatic heterocycles. The maximum atomic E-state index is 14.3. The van der Waals surface area contributed by atoms with E-state index in [1.54, 1.807) is 6.92 Å². The van der Waals surface area contributed by atoms with Crippen molar-refractivity contribution >= 4 is 55.0 Å². The van der Waals surface area contributed by atoms with Gasteiger partial charge in [0.1, 0.15) is 78.8 Å². The van der Waals surface area contributed by atoms with Crippen molar-refractivity contribution in [2.75, 3.05) is 73.0 Å². The Bertz CT molecular complexity index is 2260. The predicted molar refractivity (Wildman–Crippen MR) is 315 cm³/mol. The van der Waals surface area contributed by atoms with E-state index >= 15 is 0 Å². The lowest BCUT2D eigenvalue weighted by Crippen LogP contribution is -2.64. The molecule has 7 amide bonds. The van der Waals surface area contributed by atoms with Crippen molar-refractivity contribution in [2.45, 2.75) is 228 Å². The van der Waals surface area contributed by atoms with Crippen molar-refractivity contribution < 1.29 is 131 Å². The monoisotopic (exact) mass is 1330 g/mol. The fraction of sp³-hybridized carbons (Fsp3) is 0.857. The Morgan fingerprint density at radius 3 is 1.41 bits per heavy atom. The summed E-state index contributed by atoms with van der Waals surface area (Å²) >= 11 is 0. The van der Waals surface area contributed by atoms with Gasteiger partial charge in [-0.1, -0.05) is 26.2 Å². The minimum atomic E-state index is -4.08. The van der Waals surface area contributed by atoms with Gasteiger partial charge in [-0.15, -0.1) is 0 Å². The molecular weight excluding hydrogens is 1230 g/mol. The molecule has 0 aromatic carbocycles. The molecule has 0 bridgehead atoms. The summed E-state index contributed by atoms with van der Waals surface area (Å²) in [6, 6.07) is -5.21. The molecule has 3 aliphatic rings. The lowest BCUT2D eigenvalue weighted by atomic mass is 9.92. The maximum absolute atomic E-state index is 14.3. The number of Topliss-reactive ketones (excluding diaryl/α,β-unsaturated/α-hetero) is 1. The molecule has 0 saturated carbocycles. The number of hydrogen-bond donors (Lipinski definition) is 17. The Labute approximate surface area is 528 Å². The molecule has 17 N–H and O–H groups in total. The first-order valence-corrected chi connectivity index (χ1v) is 32.5. The van der Waals surface area contributed by atoms with Crippen molar-refractivity contribution in [1.29, 1.82) is 0 Å². The average Bonchev–Trinajstić information content (AvgIpc) is 0.894. The van der Waals surface area contributed by atoms with Crippen molar-refractivity contribution in [3.8, 4) is 0 Å². The second-order valence-electron chi connectivity index (χ2n) is 22.6. The molecule has 35 heteroatoms. The van der Waals surface area contributed by atoms with Gasteiger partial charge < -0.3 is 116 Å². The van der Waals surface area contributed by atoms with E-state index in [0.29, 0.717) is 57.8 Å². The molecule has 3 rings (SSSR count). The van der Waals surface area contributed by atoms with Gasteiger partial charge in [0.2, 0.25) is 41.4 Å². The number of rotatable bonds is 45. The molecule has 0 radical (unpaired) electrons. The Morgan fingerprint density at radius 2 is 0.901 bits per heavy atom. The molecule has 18 atom stereocenters. The van der Waals surface area contributed by atoms with Crippen LogP contribution in [-0.2, 0) is 80.4 Å². The van der Waals surface area contributed by atoms with Crippen LogP contribution in [0.15, 0.2) is 0 Å². The van der Waals surface area contributed by atoms with Gasteiger partial charge in [-0.25, -0.2) is 4.57 Å². The fourth-order valence-corrected chi connectivity index (χ4v) is 10.4. The number of carbonyl (C=O) groups excluding carboxylic acids is 8.